The van der Waals surface area contributed by atoms with Gasteiger partial charge in [-0.3, -0.25) is 0 Å². The molecule has 2 N–H and O–H groups in total. The van der Waals surface area contributed by atoms with Crippen LogP contribution in [0.25, 0.3) is 0 Å². The van der Waals surface area contributed by atoms with Gasteiger partial charge in [0.2, 0.25) is 0 Å². The first-order valence-electron chi connectivity index (χ1n) is 5.97. The van der Waals surface area contributed by atoms with Gasteiger partial charge in [-0.1, -0.05) is 18.2 Å². The van der Waals surface area contributed by atoms with Crippen molar-refractivity contribution in [1.29, 1.82) is 0 Å². The van der Waals surface area contributed by atoms with Gasteiger partial charge in [-0.15, -0.1) is 11.8 Å². The largest absolute Gasteiger partial charge is 0.496 e. The van der Waals surface area contributed by atoms with Crippen molar-refractivity contribution in [3.8, 4) is 5.75 Å². The predicted octanol–water partition coefficient (Wildman–Crippen LogP) is 3.59. The van der Waals surface area contributed by atoms with Gasteiger partial charge in [0.1, 0.15) is 11.6 Å². The molecule has 0 atom stereocenters. The van der Waals surface area contributed by atoms with Crippen molar-refractivity contribution >= 4 is 11.8 Å². The Morgan fingerprint density at radius 2 is 2.00 bits per heavy atom. The van der Waals surface area contributed by atoms with Gasteiger partial charge in [0, 0.05) is 22.8 Å². The van der Waals surface area contributed by atoms with Crippen LogP contribution in [-0.4, -0.2) is 7.11 Å². The summed E-state index contributed by atoms with van der Waals surface area (Å²) in [5.74, 6) is 1.26. The molecule has 2 aromatic carbocycles. The summed E-state index contributed by atoms with van der Waals surface area (Å²) in [6.45, 7) is 0.487. The van der Waals surface area contributed by atoms with E-state index in [2.05, 4.69) is 0 Å². The number of ether oxygens (including phenoxy) is 1. The van der Waals surface area contributed by atoms with Crippen LogP contribution in [0, 0.1) is 5.82 Å². The second kappa shape index (κ2) is 6.59. The van der Waals surface area contributed by atoms with E-state index in [0.717, 1.165) is 16.9 Å². The molecule has 0 aliphatic rings. The van der Waals surface area contributed by atoms with Gasteiger partial charge in [0.15, 0.2) is 0 Å². The smallest absolute Gasteiger partial charge is 0.136 e. The average molecular weight is 277 g/mol. The molecule has 2 rings (SSSR count). The first kappa shape index (κ1) is 13.9. The molecule has 0 saturated carbocycles. The van der Waals surface area contributed by atoms with Gasteiger partial charge in [-0.2, -0.15) is 0 Å². The monoisotopic (exact) mass is 277 g/mol. The highest BCUT2D eigenvalue weighted by Gasteiger charge is 2.07. The molecule has 0 aliphatic heterocycles. The molecule has 0 heterocycles. The Morgan fingerprint density at radius 3 is 2.68 bits per heavy atom. The fraction of sp³-hybridized carbons (Fsp3) is 0.200. The quantitative estimate of drug-likeness (QED) is 0.848. The minimum Gasteiger partial charge on any atom is -0.496 e. The summed E-state index contributed by atoms with van der Waals surface area (Å²) in [6.07, 6.45) is 0. The summed E-state index contributed by atoms with van der Waals surface area (Å²) < 4.78 is 18.9. The zero-order valence-corrected chi connectivity index (χ0v) is 11.5. The van der Waals surface area contributed by atoms with Crippen LogP contribution in [-0.2, 0) is 12.3 Å². The molecule has 0 fully saturated rings. The summed E-state index contributed by atoms with van der Waals surface area (Å²) >= 11 is 1.45. The van der Waals surface area contributed by atoms with Crippen molar-refractivity contribution in [2.24, 2.45) is 5.73 Å². The Hall–Kier alpha value is -1.52. The second-order valence-electron chi connectivity index (χ2n) is 4.07. The second-order valence-corrected chi connectivity index (χ2v) is 5.09. The maximum Gasteiger partial charge on any atom is 0.136 e. The van der Waals surface area contributed by atoms with Crippen molar-refractivity contribution in [3.63, 3.8) is 0 Å². The van der Waals surface area contributed by atoms with Crippen LogP contribution < -0.4 is 10.5 Å². The Morgan fingerprint density at radius 1 is 1.21 bits per heavy atom. The van der Waals surface area contributed by atoms with Crippen molar-refractivity contribution in [2.45, 2.75) is 17.2 Å². The van der Waals surface area contributed by atoms with Gasteiger partial charge in [0.25, 0.3) is 0 Å². The molecule has 19 heavy (non-hydrogen) atoms. The minimum absolute atomic E-state index is 0.193. The maximum atomic E-state index is 13.5. The van der Waals surface area contributed by atoms with Gasteiger partial charge >= 0.3 is 0 Å². The number of benzene rings is 2. The molecule has 0 aliphatic carbocycles. The molecular formula is C15H16FNOS. The van der Waals surface area contributed by atoms with Gasteiger partial charge in [-0.25, -0.2) is 4.39 Å². The molecule has 2 aromatic rings. The van der Waals surface area contributed by atoms with E-state index in [1.807, 2.05) is 24.3 Å². The molecular weight excluding hydrogens is 261 g/mol. The van der Waals surface area contributed by atoms with Crippen LogP contribution in [0.1, 0.15) is 11.1 Å². The van der Waals surface area contributed by atoms with E-state index in [0.29, 0.717) is 17.2 Å². The van der Waals surface area contributed by atoms with Crippen LogP contribution in [0.3, 0.4) is 0 Å². The van der Waals surface area contributed by atoms with E-state index >= 15 is 0 Å². The highest BCUT2D eigenvalue weighted by Crippen LogP contribution is 2.30. The third kappa shape index (κ3) is 3.49. The first-order chi connectivity index (χ1) is 9.24. The summed E-state index contributed by atoms with van der Waals surface area (Å²) in [5.41, 5.74) is 7.71. The van der Waals surface area contributed by atoms with Gasteiger partial charge in [-0.05, 0) is 29.8 Å². The van der Waals surface area contributed by atoms with Crippen LogP contribution in [0.15, 0.2) is 47.4 Å². The minimum atomic E-state index is -0.193. The number of nitrogens with two attached hydrogens (primary N) is 1. The summed E-state index contributed by atoms with van der Waals surface area (Å²) in [5, 5.41) is 0. The van der Waals surface area contributed by atoms with E-state index in [1.165, 1.54) is 17.8 Å². The molecule has 100 valence electrons. The molecule has 0 saturated heterocycles. The molecule has 0 unspecified atom stereocenters. The predicted molar refractivity (Wildman–Crippen MR) is 76.8 cm³/mol. The number of thioether (sulfide) groups is 1. The SMILES string of the molecule is COc1ccc(CN)cc1CSc1ccccc1F. The highest BCUT2D eigenvalue weighted by atomic mass is 32.2. The molecule has 0 spiro atoms. The van der Waals surface area contributed by atoms with Crippen LogP contribution in [0.2, 0.25) is 0 Å². The lowest BCUT2D eigenvalue weighted by atomic mass is 10.1. The molecule has 0 aromatic heterocycles. The third-order valence-electron chi connectivity index (χ3n) is 2.80. The lowest BCUT2D eigenvalue weighted by molar-refractivity contribution is 0.411. The van der Waals surface area contributed by atoms with E-state index in [1.54, 1.807) is 19.2 Å². The van der Waals surface area contributed by atoms with E-state index in [-0.39, 0.29) is 5.82 Å². The Labute approximate surface area is 116 Å². The zero-order chi connectivity index (χ0) is 13.7. The van der Waals surface area contributed by atoms with Gasteiger partial charge < -0.3 is 10.5 Å². The fourth-order valence-corrected chi connectivity index (χ4v) is 2.71. The van der Waals surface area contributed by atoms with Crippen molar-refractivity contribution < 1.29 is 9.13 Å². The van der Waals surface area contributed by atoms with Crippen LogP contribution >= 0.6 is 11.8 Å². The van der Waals surface area contributed by atoms with Crippen molar-refractivity contribution in [3.05, 3.63) is 59.4 Å². The lowest BCUT2D eigenvalue weighted by Crippen LogP contribution is -1.99. The van der Waals surface area contributed by atoms with E-state index < -0.39 is 0 Å². The number of rotatable bonds is 5. The first-order valence-corrected chi connectivity index (χ1v) is 6.96. The van der Waals surface area contributed by atoms with Crippen molar-refractivity contribution in [1.82, 2.24) is 0 Å². The molecule has 0 amide bonds. The number of hydrogen-bond acceptors (Lipinski definition) is 3. The van der Waals surface area contributed by atoms with E-state index in [4.69, 9.17) is 10.5 Å². The third-order valence-corrected chi connectivity index (χ3v) is 3.90. The Kier molecular flexibility index (Phi) is 4.82. The highest BCUT2D eigenvalue weighted by molar-refractivity contribution is 7.98. The topological polar surface area (TPSA) is 35.2 Å². The van der Waals surface area contributed by atoms with Gasteiger partial charge in [0.05, 0.1) is 7.11 Å². The van der Waals surface area contributed by atoms with Crippen LogP contribution in [0.5, 0.6) is 5.75 Å². The summed E-state index contributed by atoms with van der Waals surface area (Å²) in [7, 11) is 1.63. The summed E-state index contributed by atoms with van der Waals surface area (Å²) in [4.78, 5) is 0.641. The molecule has 2 nitrogen and oxygen atoms in total. The average Bonchev–Trinajstić information content (AvgIpc) is 2.46. The number of halogens is 1. The Bertz CT molecular complexity index is 560. The zero-order valence-electron chi connectivity index (χ0n) is 10.7. The number of methoxy groups -OCH3 is 1. The Balaban J connectivity index is 2.16. The van der Waals surface area contributed by atoms with E-state index in [9.17, 15) is 4.39 Å². The normalized spacial score (nSPS) is 10.5. The molecule has 4 heteroatoms. The van der Waals surface area contributed by atoms with Crippen molar-refractivity contribution in [2.75, 3.05) is 7.11 Å². The lowest BCUT2D eigenvalue weighted by Gasteiger charge is -2.10. The standard InChI is InChI=1S/C15H16FNOS/c1-18-14-7-6-11(9-17)8-12(14)10-19-15-5-3-2-4-13(15)16/h2-8H,9-10,17H2,1H3. The maximum absolute atomic E-state index is 13.5. The molecule has 0 bridgehead atoms. The molecule has 0 radical (unpaired) electrons. The number of hydrogen-bond donors (Lipinski definition) is 1. The fourth-order valence-electron chi connectivity index (χ4n) is 1.79. The van der Waals surface area contributed by atoms with Crippen LogP contribution in [0.4, 0.5) is 4.39 Å². The summed E-state index contributed by atoms with van der Waals surface area (Å²) in [6, 6.07) is 12.6.